The van der Waals surface area contributed by atoms with Crippen molar-refractivity contribution in [3.05, 3.63) is 35.4 Å². The van der Waals surface area contributed by atoms with Gasteiger partial charge in [-0.2, -0.15) is 0 Å². The summed E-state index contributed by atoms with van der Waals surface area (Å²) in [6, 6.07) is 4.18. The Morgan fingerprint density at radius 3 is 2.80 bits per heavy atom. The van der Waals surface area contributed by atoms with E-state index in [0.29, 0.717) is 5.92 Å². The minimum atomic E-state index is -0.763. The van der Waals surface area contributed by atoms with Crippen LogP contribution in [0.4, 0.5) is 8.78 Å². The molecule has 0 amide bonds. The van der Waals surface area contributed by atoms with E-state index in [0.717, 1.165) is 31.5 Å². The predicted molar refractivity (Wildman–Crippen MR) is 55.7 cm³/mol. The smallest absolute Gasteiger partial charge is 0.159 e. The van der Waals surface area contributed by atoms with Crippen molar-refractivity contribution in [2.45, 2.75) is 19.3 Å². The van der Waals surface area contributed by atoms with Crippen molar-refractivity contribution < 1.29 is 8.78 Å². The second kappa shape index (κ2) is 4.71. The van der Waals surface area contributed by atoms with Crippen LogP contribution in [0.3, 0.4) is 0 Å². The zero-order valence-corrected chi connectivity index (χ0v) is 8.60. The predicted octanol–water partition coefficient (Wildman–Crippen LogP) is 2.51. The fraction of sp³-hybridized carbons (Fsp3) is 0.500. The van der Waals surface area contributed by atoms with E-state index in [9.17, 15) is 8.78 Å². The normalized spacial score (nSPS) is 20.8. The third kappa shape index (κ3) is 2.75. The molecule has 1 atom stereocenters. The number of benzene rings is 1. The van der Waals surface area contributed by atoms with Gasteiger partial charge in [-0.25, -0.2) is 8.78 Å². The molecule has 1 N–H and O–H groups in total. The average molecular weight is 211 g/mol. The molecule has 82 valence electrons. The van der Waals surface area contributed by atoms with Gasteiger partial charge in [-0.3, -0.25) is 0 Å². The molecule has 15 heavy (non-hydrogen) atoms. The molecule has 1 heterocycles. The van der Waals surface area contributed by atoms with Crippen molar-refractivity contribution in [1.29, 1.82) is 0 Å². The quantitative estimate of drug-likeness (QED) is 0.810. The van der Waals surface area contributed by atoms with Crippen LogP contribution in [0.15, 0.2) is 18.2 Å². The van der Waals surface area contributed by atoms with Gasteiger partial charge in [-0.1, -0.05) is 6.07 Å². The van der Waals surface area contributed by atoms with Gasteiger partial charge in [0, 0.05) is 0 Å². The van der Waals surface area contributed by atoms with Gasteiger partial charge in [0.15, 0.2) is 11.6 Å². The Morgan fingerprint density at radius 1 is 1.27 bits per heavy atom. The van der Waals surface area contributed by atoms with Crippen LogP contribution in [0.2, 0.25) is 0 Å². The first-order chi connectivity index (χ1) is 7.25. The summed E-state index contributed by atoms with van der Waals surface area (Å²) in [6.07, 6.45) is 3.09. The number of aryl methyl sites for hydroxylation is 1. The minimum absolute atomic E-state index is 0.693. The Balaban J connectivity index is 1.90. The van der Waals surface area contributed by atoms with E-state index < -0.39 is 11.6 Å². The Hall–Kier alpha value is -0.960. The lowest BCUT2D eigenvalue weighted by Crippen LogP contribution is -2.09. The number of hydrogen-bond donors (Lipinski definition) is 1. The van der Waals surface area contributed by atoms with Crippen LogP contribution in [-0.2, 0) is 6.42 Å². The van der Waals surface area contributed by atoms with Crippen molar-refractivity contribution >= 4 is 0 Å². The highest BCUT2D eigenvalue weighted by Crippen LogP contribution is 2.17. The molecule has 1 unspecified atom stereocenters. The van der Waals surface area contributed by atoms with E-state index in [1.165, 1.54) is 18.6 Å². The molecule has 1 fully saturated rings. The number of hydrogen-bond acceptors (Lipinski definition) is 1. The average Bonchev–Trinajstić information content (AvgIpc) is 2.73. The van der Waals surface area contributed by atoms with Crippen LogP contribution >= 0.6 is 0 Å². The summed E-state index contributed by atoms with van der Waals surface area (Å²) in [5.74, 6) is -0.809. The first kappa shape index (κ1) is 10.6. The van der Waals surface area contributed by atoms with Crippen molar-refractivity contribution in [1.82, 2.24) is 5.32 Å². The van der Waals surface area contributed by atoms with Crippen molar-refractivity contribution in [2.24, 2.45) is 5.92 Å². The topological polar surface area (TPSA) is 12.0 Å². The first-order valence-electron chi connectivity index (χ1n) is 5.40. The van der Waals surface area contributed by atoms with Crippen LogP contribution in [-0.4, -0.2) is 13.1 Å². The fourth-order valence-electron chi connectivity index (χ4n) is 2.03. The Labute approximate surface area is 88.5 Å². The van der Waals surface area contributed by atoms with Crippen LogP contribution in [0.25, 0.3) is 0 Å². The van der Waals surface area contributed by atoms with Crippen LogP contribution in [0, 0.1) is 17.6 Å². The molecule has 0 aromatic heterocycles. The Kier molecular flexibility index (Phi) is 3.31. The summed E-state index contributed by atoms with van der Waals surface area (Å²) in [5.41, 5.74) is 0.890. The van der Waals surface area contributed by atoms with E-state index in [-0.39, 0.29) is 0 Å². The summed E-state index contributed by atoms with van der Waals surface area (Å²) in [4.78, 5) is 0. The lowest BCUT2D eigenvalue weighted by atomic mass is 9.99. The van der Waals surface area contributed by atoms with Gasteiger partial charge in [0.05, 0.1) is 0 Å². The maximum atomic E-state index is 12.9. The van der Waals surface area contributed by atoms with E-state index in [4.69, 9.17) is 0 Å². The van der Waals surface area contributed by atoms with E-state index in [1.807, 2.05) is 0 Å². The summed E-state index contributed by atoms with van der Waals surface area (Å²) >= 11 is 0. The summed E-state index contributed by atoms with van der Waals surface area (Å²) in [6.45, 7) is 2.14. The molecule has 3 heteroatoms. The maximum Gasteiger partial charge on any atom is 0.159 e. The molecular weight excluding hydrogens is 196 g/mol. The molecule has 0 saturated carbocycles. The lowest BCUT2D eigenvalue weighted by molar-refractivity contribution is 0.502. The van der Waals surface area contributed by atoms with E-state index >= 15 is 0 Å². The van der Waals surface area contributed by atoms with Gasteiger partial charge in [-0.05, 0) is 56.0 Å². The lowest BCUT2D eigenvalue weighted by Gasteiger charge is -2.07. The van der Waals surface area contributed by atoms with Gasteiger partial charge in [0.25, 0.3) is 0 Å². The monoisotopic (exact) mass is 211 g/mol. The highest BCUT2D eigenvalue weighted by molar-refractivity contribution is 5.17. The van der Waals surface area contributed by atoms with Crippen LogP contribution in [0.5, 0.6) is 0 Å². The third-order valence-corrected chi connectivity index (χ3v) is 2.99. The van der Waals surface area contributed by atoms with Gasteiger partial charge in [-0.15, -0.1) is 0 Å². The zero-order valence-electron chi connectivity index (χ0n) is 8.60. The van der Waals surface area contributed by atoms with Crippen molar-refractivity contribution in [2.75, 3.05) is 13.1 Å². The Bertz CT molecular complexity index is 332. The molecule has 0 spiro atoms. The standard InChI is InChI=1S/C12H15F2N/c13-11-4-3-9(7-12(11)14)1-2-10-5-6-15-8-10/h3-4,7,10,15H,1-2,5-6,8H2. The Morgan fingerprint density at radius 2 is 2.13 bits per heavy atom. The molecule has 2 rings (SSSR count). The van der Waals surface area contributed by atoms with E-state index in [1.54, 1.807) is 6.07 Å². The molecule has 1 aliphatic rings. The third-order valence-electron chi connectivity index (χ3n) is 2.99. The van der Waals surface area contributed by atoms with Gasteiger partial charge in [0.1, 0.15) is 0 Å². The molecule has 1 aromatic rings. The molecule has 1 saturated heterocycles. The second-order valence-corrected chi connectivity index (χ2v) is 4.15. The van der Waals surface area contributed by atoms with E-state index in [2.05, 4.69) is 5.32 Å². The molecular formula is C12H15F2N. The van der Waals surface area contributed by atoms with Crippen LogP contribution in [0.1, 0.15) is 18.4 Å². The fourth-order valence-corrected chi connectivity index (χ4v) is 2.03. The van der Waals surface area contributed by atoms with Gasteiger partial charge in [0.2, 0.25) is 0 Å². The largest absolute Gasteiger partial charge is 0.316 e. The molecule has 1 aliphatic heterocycles. The SMILES string of the molecule is Fc1ccc(CCC2CCNC2)cc1F. The highest BCUT2D eigenvalue weighted by Gasteiger charge is 2.14. The summed E-state index contributed by atoms with van der Waals surface area (Å²) in [5, 5.41) is 3.30. The van der Waals surface area contributed by atoms with Crippen molar-refractivity contribution in [3.63, 3.8) is 0 Å². The molecule has 0 aliphatic carbocycles. The van der Waals surface area contributed by atoms with Gasteiger partial charge < -0.3 is 5.32 Å². The van der Waals surface area contributed by atoms with Gasteiger partial charge >= 0.3 is 0 Å². The number of rotatable bonds is 3. The molecule has 1 aromatic carbocycles. The highest BCUT2D eigenvalue weighted by atomic mass is 19.2. The van der Waals surface area contributed by atoms with Crippen LogP contribution < -0.4 is 5.32 Å². The summed E-state index contributed by atoms with van der Waals surface area (Å²) < 4.78 is 25.5. The number of halogens is 2. The summed E-state index contributed by atoms with van der Waals surface area (Å²) in [7, 11) is 0. The first-order valence-corrected chi connectivity index (χ1v) is 5.40. The number of nitrogens with one attached hydrogen (secondary N) is 1. The molecule has 1 nitrogen and oxygen atoms in total. The minimum Gasteiger partial charge on any atom is -0.316 e. The maximum absolute atomic E-state index is 12.9. The van der Waals surface area contributed by atoms with Crippen molar-refractivity contribution in [3.8, 4) is 0 Å². The second-order valence-electron chi connectivity index (χ2n) is 4.15. The molecule has 0 radical (unpaired) electrons. The molecule has 0 bridgehead atoms. The zero-order chi connectivity index (χ0) is 10.7.